The summed E-state index contributed by atoms with van der Waals surface area (Å²) in [5.41, 5.74) is 1.05. The van der Waals surface area contributed by atoms with Gasteiger partial charge >= 0.3 is 5.97 Å². The minimum absolute atomic E-state index is 0.0462. The summed E-state index contributed by atoms with van der Waals surface area (Å²) in [5.74, 6) is 0.0876. The van der Waals surface area contributed by atoms with Crippen molar-refractivity contribution in [3.63, 3.8) is 0 Å². The first kappa shape index (κ1) is 19.9. The van der Waals surface area contributed by atoms with Gasteiger partial charge in [-0.25, -0.2) is 0 Å². The molecule has 2 N–H and O–H groups in total. The molecule has 21 heavy (non-hydrogen) atoms. The lowest BCUT2D eigenvalue weighted by Crippen LogP contribution is -2.64. The van der Waals surface area contributed by atoms with Crippen molar-refractivity contribution >= 4 is 11.7 Å². The fourth-order valence-corrected chi connectivity index (χ4v) is 2.70. The lowest BCUT2D eigenvalue weighted by atomic mass is 9.70. The molecule has 124 valence electrons. The second kappa shape index (κ2) is 8.37. The van der Waals surface area contributed by atoms with Gasteiger partial charge < -0.3 is 15.3 Å². The molecular formula is C16H32N2O3. The summed E-state index contributed by atoms with van der Waals surface area (Å²) in [6.45, 7) is 14.6. The van der Waals surface area contributed by atoms with E-state index in [4.69, 9.17) is 5.21 Å². The zero-order chi connectivity index (χ0) is 16.7. The summed E-state index contributed by atoms with van der Waals surface area (Å²) >= 11 is 0. The van der Waals surface area contributed by atoms with E-state index >= 15 is 0 Å². The third-order valence-electron chi connectivity index (χ3n) is 4.60. The lowest BCUT2D eigenvalue weighted by Gasteiger charge is -2.49. The average Bonchev–Trinajstić information content (AvgIpc) is 2.43. The predicted molar refractivity (Wildman–Crippen MR) is 85.8 cm³/mol. The molecule has 0 bridgehead atoms. The van der Waals surface area contributed by atoms with Crippen molar-refractivity contribution in [1.82, 2.24) is 5.32 Å². The summed E-state index contributed by atoms with van der Waals surface area (Å²) in [6.07, 6.45) is 2.94. The molecular weight excluding hydrogens is 268 g/mol. The molecule has 1 aliphatic heterocycles. The highest BCUT2D eigenvalue weighted by molar-refractivity contribution is 5.89. The molecule has 0 aromatic rings. The monoisotopic (exact) mass is 300 g/mol. The van der Waals surface area contributed by atoms with Gasteiger partial charge in [0.1, 0.15) is 0 Å². The van der Waals surface area contributed by atoms with E-state index in [1.54, 1.807) is 6.92 Å². The largest absolute Gasteiger partial charge is 0.466 e. The zero-order valence-corrected chi connectivity index (χ0v) is 14.6. The van der Waals surface area contributed by atoms with Crippen LogP contribution >= 0.6 is 0 Å². The topological polar surface area (TPSA) is 70.9 Å². The van der Waals surface area contributed by atoms with Crippen molar-refractivity contribution < 1.29 is 14.7 Å². The Balaban J connectivity index is 0.000000567. The number of carbonyl (C=O) groups is 1. The molecule has 1 heterocycles. The number of carbonyl (C=O) groups excluding carboxylic acids is 1. The highest BCUT2D eigenvalue weighted by Gasteiger charge is 2.44. The summed E-state index contributed by atoms with van der Waals surface area (Å²) in [5, 5.41) is 16.3. The van der Waals surface area contributed by atoms with Crippen LogP contribution in [0.5, 0.6) is 0 Å². The van der Waals surface area contributed by atoms with Gasteiger partial charge in [-0.2, -0.15) is 0 Å². The van der Waals surface area contributed by atoms with Crippen molar-refractivity contribution in [3.8, 4) is 0 Å². The number of rotatable bonds is 3. The Labute approximate surface area is 129 Å². The first-order valence-corrected chi connectivity index (χ1v) is 7.81. The second-order valence-corrected chi connectivity index (χ2v) is 6.22. The van der Waals surface area contributed by atoms with Crippen LogP contribution in [0, 0.1) is 5.92 Å². The molecule has 0 amide bonds. The van der Waals surface area contributed by atoms with Gasteiger partial charge in [0.2, 0.25) is 0 Å². The minimum Gasteiger partial charge on any atom is -0.466 e. The number of oxime groups is 1. The standard InChI is InChI=1S/C12H24N2O.C4H8O2/c1-6-11(4)8-10(13-15)9(3)12(5,7-2)14-11;1-3-6-4(2)5/h9,14-15H,6-8H2,1-5H3;3H2,1-2H3. The van der Waals surface area contributed by atoms with Crippen LogP contribution in [0.15, 0.2) is 5.16 Å². The van der Waals surface area contributed by atoms with Gasteiger partial charge in [0.25, 0.3) is 0 Å². The first-order chi connectivity index (χ1) is 9.67. The van der Waals surface area contributed by atoms with Crippen LogP contribution in [-0.4, -0.2) is 34.6 Å². The van der Waals surface area contributed by atoms with Gasteiger partial charge in [0, 0.05) is 30.3 Å². The molecule has 1 aliphatic rings. The van der Waals surface area contributed by atoms with E-state index in [0.29, 0.717) is 12.5 Å². The zero-order valence-electron chi connectivity index (χ0n) is 14.6. The molecule has 0 spiro atoms. The smallest absolute Gasteiger partial charge is 0.302 e. The third-order valence-corrected chi connectivity index (χ3v) is 4.60. The molecule has 1 rings (SSSR count). The molecule has 0 aliphatic carbocycles. The van der Waals surface area contributed by atoms with E-state index in [9.17, 15) is 4.79 Å². The minimum atomic E-state index is -0.211. The summed E-state index contributed by atoms with van der Waals surface area (Å²) in [7, 11) is 0. The Morgan fingerprint density at radius 2 is 1.95 bits per heavy atom. The van der Waals surface area contributed by atoms with Gasteiger partial charge in [-0.05, 0) is 33.6 Å². The van der Waals surface area contributed by atoms with Crippen LogP contribution in [0.1, 0.15) is 67.7 Å². The molecule has 0 saturated carbocycles. The number of hydrogen-bond donors (Lipinski definition) is 2. The predicted octanol–water partition coefficient (Wildman–Crippen LogP) is 3.35. The number of piperidine rings is 1. The fraction of sp³-hybridized carbons (Fsp3) is 0.875. The highest BCUT2D eigenvalue weighted by Crippen LogP contribution is 2.35. The number of ether oxygens (including phenoxy) is 1. The van der Waals surface area contributed by atoms with E-state index in [1.165, 1.54) is 6.92 Å². The van der Waals surface area contributed by atoms with Crippen LogP contribution in [0.2, 0.25) is 0 Å². The van der Waals surface area contributed by atoms with Crippen molar-refractivity contribution in [3.05, 3.63) is 0 Å². The maximum absolute atomic E-state index is 9.82. The number of nitrogens with one attached hydrogen (secondary N) is 1. The molecule has 0 radical (unpaired) electrons. The van der Waals surface area contributed by atoms with Crippen molar-refractivity contribution in [2.75, 3.05) is 6.61 Å². The Bertz CT molecular complexity index is 371. The summed E-state index contributed by atoms with van der Waals surface area (Å²) in [4.78, 5) is 9.82. The van der Waals surface area contributed by atoms with Crippen molar-refractivity contribution in [1.29, 1.82) is 0 Å². The Kier molecular flexibility index (Phi) is 7.93. The molecule has 0 aromatic carbocycles. The normalized spacial score (nSPS) is 34.0. The van der Waals surface area contributed by atoms with Gasteiger partial charge in [0.05, 0.1) is 12.3 Å². The maximum atomic E-state index is 9.82. The molecule has 3 unspecified atom stereocenters. The molecule has 3 atom stereocenters. The molecule has 0 aromatic heterocycles. The van der Waals surface area contributed by atoms with Crippen molar-refractivity contribution in [2.45, 2.75) is 78.8 Å². The van der Waals surface area contributed by atoms with Gasteiger partial charge in [-0.15, -0.1) is 0 Å². The second-order valence-electron chi connectivity index (χ2n) is 6.22. The summed E-state index contributed by atoms with van der Waals surface area (Å²) in [6, 6.07) is 0. The van der Waals surface area contributed by atoms with E-state index < -0.39 is 0 Å². The average molecular weight is 300 g/mol. The quantitative estimate of drug-likeness (QED) is 0.476. The van der Waals surface area contributed by atoms with Gasteiger partial charge in [-0.1, -0.05) is 25.9 Å². The molecule has 1 fully saturated rings. The van der Waals surface area contributed by atoms with Crippen LogP contribution < -0.4 is 5.32 Å². The van der Waals surface area contributed by atoms with Crippen LogP contribution in [-0.2, 0) is 9.53 Å². The Morgan fingerprint density at radius 1 is 1.38 bits per heavy atom. The van der Waals surface area contributed by atoms with Crippen LogP contribution in [0.3, 0.4) is 0 Å². The van der Waals surface area contributed by atoms with Gasteiger partial charge in [-0.3, -0.25) is 4.79 Å². The number of hydrogen-bond acceptors (Lipinski definition) is 5. The lowest BCUT2D eigenvalue weighted by molar-refractivity contribution is -0.140. The SMILES string of the molecule is CCC1(C)CC(=NO)C(C)C(C)(CC)N1.CCOC(C)=O. The Morgan fingerprint density at radius 3 is 2.24 bits per heavy atom. The molecule has 5 heteroatoms. The Hall–Kier alpha value is -1.10. The van der Waals surface area contributed by atoms with E-state index in [-0.39, 0.29) is 17.0 Å². The summed E-state index contributed by atoms with van der Waals surface area (Å²) < 4.78 is 4.40. The van der Waals surface area contributed by atoms with E-state index in [1.807, 2.05) is 0 Å². The van der Waals surface area contributed by atoms with E-state index in [2.05, 4.69) is 49.8 Å². The van der Waals surface area contributed by atoms with Crippen molar-refractivity contribution in [2.24, 2.45) is 11.1 Å². The third kappa shape index (κ3) is 5.65. The maximum Gasteiger partial charge on any atom is 0.302 e. The first-order valence-electron chi connectivity index (χ1n) is 7.81. The molecule has 1 saturated heterocycles. The fourth-order valence-electron chi connectivity index (χ4n) is 2.70. The van der Waals surface area contributed by atoms with Gasteiger partial charge in [0.15, 0.2) is 0 Å². The van der Waals surface area contributed by atoms with Crippen LogP contribution in [0.4, 0.5) is 0 Å². The number of esters is 1. The van der Waals surface area contributed by atoms with E-state index in [0.717, 1.165) is 25.0 Å². The number of nitrogens with zero attached hydrogens (tertiary/aromatic N) is 1. The highest BCUT2D eigenvalue weighted by atomic mass is 16.5. The molecule has 5 nitrogen and oxygen atoms in total. The van der Waals surface area contributed by atoms with Crippen LogP contribution in [0.25, 0.3) is 0 Å².